The van der Waals surface area contributed by atoms with Gasteiger partial charge in [-0.3, -0.25) is 9.59 Å². The molecule has 0 fully saturated rings. The molecule has 0 radical (unpaired) electrons. The van der Waals surface area contributed by atoms with Crippen molar-refractivity contribution < 1.29 is 14.7 Å². The first kappa shape index (κ1) is 14.2. The molecule has 106 valence electrons. The summed E-state index contributed by atoms with van der Waals surface area (Å²) >= 11 is 1.63. The third kappa shape index (κ3) is 3.41. The van der Waals surface area contributed by atoms with Crippen molar-refractivity contribution in [2.75, 3.05) is 0 Å². The minimum absolute atomic E-state index is 0.108. The highest BCUT2D eigenvalue weighted by Gasteiger charge is 2.12. The van der Waals surface area contributed by atoms with Gasteiger partial charge in [0.05, 0.1) is 12.7 Å². The topological polar surface area (TPSA) is 97.1 Å². The van der Waals surface area contributed by atoms with Crippen LogP contribution in [0.25, 0.3) is 0 Å². The fraction of sp³-hybridized carbons (Fsp3) is 0.333. The van der Waals surface area contributed by atoms with E-state index in [0.29, 0.717) is 6.54 Å². The molecule has 2 aromatic heterocycles. The van der Waals surface area contributed by atoms with E-state index in [9.17, 15) is 9.59 Å². The zero-order valence-corrected chi connectivity index (χ0v) is 11.9. The lowest BCUT2D eigenvalue weighted by molar-refractivity contribution is -0.137. The Morgan fingerprint density at radius 1 is 1.45 bits per heavy atom. The molecule has 7 nitrogen and oxygen atoms in total. The molecule has 0 aliphatic rings. The van der Waals surface area contributed by atoms with Gasteiger partial charge in [0.15, 0.2) is 5.69 Å². The summed E-state index contributed by atoms with van der Waals surface area (Å²) < 4.78 is 1.11. The van der Waals surface area contributed by atoms with Crippen molar-refractivity contribution in [2.24, 2.45) is 0 Å². The van der Waals surface area contributed by atoms with Gasteiger partial charge in [-0.25, -0.2) is 4.68 Å². The first-order chi connectivity index (χ1) is 9.45. The zero-order chi connectivity index (χ0) is 14.7. The molecule has 0 spiro atoms. The van der Waals surface area contributed by atoms with Crippen LogP contribution in [0.2, 0.25) is 0 Å². The number of nitrogens with one attached hydrogen (secondary N) is 1. The second kappa shape index (κ2) is 5.83. The predicted octanol–water partition coefficient (Wildman–Crippen LogP) is 0.971. The van der Waals surface area contributed by atoms with Crippen LogP contribution < -0.4 is 5.32 Å². The monoisotopic (exact) mass is 294 g/mol. The predicted molar refractivity (Wildman–Crippen MR) is 72.6 cm³/mol. The number of carbonyl (C=O) groups excluding carboxylic acids is 1. The Labute approximate surface area is 119 Å². The lowest BCUT2D eigenvalue weighted by Gasteiger charge is -1.99. The summed E-state index contributed by atoms with van der Waals surface area (Å²) in [5.41, 5.74) is 1.31. The van der Waals surface area contributed by atoms with Gasteiger partial charge in [-0.1, -0.05) is 5.21 Å². The lowest BCUT2D eigenvalue weighted by Crippen LogP contribution is -2.22. The quantitative estimate of drug-likeness (QED) is 0.856. The molecule has 2 heterocycles. The van der Waals surface area contributed by atoms with Crippen LogP contribution in [0.1, 0.15) is 25.8 Å². The largest absolute Gasteiger partial charge is 0.480 e. The first-order valence-corrected chi connectivity index (χ1v) is 6.73. The lowest BCUT2D eigenvalue weighted by atomic mass is 10.3. The fourth-order valence-corrected chi connectivity index (χ4v) is 2.61. The number of thiophene rings is 1. The van der Waals surface area contributed by atoms with Crippen molar-refractivity contribution in [2.45, 2.75) is 26.9 Å². The number of amides is 1. The molecule has 1 amide bonds. The maximum Gasteiger partial charge on any atom is 0.325 e. The highest BCUT2D eigenvalue weighted by molar-refractivity contribution is 7.12. The molecule has 0 unspecified atom stereocenters. The average Bonchev–Trinajstić information content (AvgIpc) is 2.94. The Kier molecular flexibility index (Phi) is 4.14. The second-order valence-electron chi connectivity index (χ2n) is 4.33. The number of aliphatic carboxylic acids is 1. The second-order valence-corrected chi connectivity index (χ2v) is 5.67. The van der Waals surface area contributed by atoms with E-state index in [1.165, 1.54) is 16.6 Å². The molecule has 2 rings (SSSR count). The van der Waals surface area contributed by atoms with Crippen molar-refractivity contribution in [3.05, 3.63) is 33.3 Å². The number of hydrogen-bond acceptors (Lipinski definition) is 5. The minimum atomic E-state index is -1.04. The number of carboxylic acid groups (broad SMARTS) is 1. The number of carboxylic acids is 1. The van der Waals surface area contributed by atoms with E-state index in [-0.39, 0.29) is 18.1 Å². The molecular weight excluding hydrogens is 280 g/mol. The van der Waals surface area contributed by atoms with Crippen molar-refractivity contribution >= 4 is 23.2 Å². The number of aromatic nitrogens is 3. The Morgan fingerprint density at radius 3 is 2.80 bits per heavy atom. The maximum absolute atomic E-state index is 11.8. The van der Waals surface area contributed by atoms with Crippen molar-refractivity contribution in [1.82, 2.24) is 20.3 Å². The Bertz CT molecular complexity index is 627. The number of aryl methyl sites for hydroxylation is 2. The van der Waals surface area contributed by atoms with E-state index >= 15 is 0 Å². The van der Waals surface area contributed by atoms with Gasteiger partial charge in [0.2, 0.25) is 0 Å². The summed E-state index contributed by atoms with van der Waals surface area (Å²) in [5, 5.41) is 18.6. The number of carbonyl (C=O) groups is 2. The van der Waals surface area contributed by atoms with E-state index < -0.39 is 5.97 Å². The molecule has 20 heavy (non-hydrogen) atoms. The van der Waals surface area contributed by atoms with Crippen LogP contribution in [0.4, 0.5) is 0 Å². The summed E-state index contributed by atoms with van der Waals surface area (Å²) in [7, 11) is 0. The van der Waals surface area contributed by atoms with Crippen LogP contribution >= 0.6 is 11.3 Å². The van der Waals surface area contributed by atoms with E-state index in [4.69, 9.17) is 5.11 Å². The van der Waals surface area contributed by atoms with Gasteiger partial charge in [-0.2, -0.15) is 0 Å². The zero-order valence-electron chi connectivity index (χ0n) is 11.1. The molecule has 8 heteroatoms. The molecule has 0 atom stereocenters. The molecule has 0 saturated carbocycles. The summed E-state index contributed by atoms with van der Waals surface area (Å²) in [6.07, 6.45) is 1.31. The fourth-order valence-electron chi connectivity index (χ4n) is 1.61. The number of rotatable bonds is 5. The maximum atomic E-state index is 11.8. The van der Waals surface area contributed by atoms with Crippen molar-refractivity contribution in [3.63, 3.8) is 0 Å². The molecule has 0 aromatic carbocycles. The third-order valence-electron chi connectivity index (χ3n) is 2.71. The van der Waals surface area contributed by atoms with E-state index in [2.05, 4.69) is 15.6 Å². The smallest absolute Gasteiger partial charge is 0.325 e. The van der Waals surface area contributed by atoms with Crippen molar-refractivity contribution in [1.29, 1.82) is 0 Å². The summed E-state index contributed by atoms with van der Waals surface area (Å²) in [5.74, 6) is -1.41. The Hall–Kier alpha value is -2.22. The third-order valence-corrected chi connectivity index (χ3v) is 3.86. The van der Waals surface area contributed by atoms with E-state index in [1.54, 1.807) is 11.3 Å². The normalized spacial score (nSPS) is 10.5. The van der Waals surface area contributed by atoms with Gasteiger partial charge in [0, 0.05) is 9.75 Å². The molecular formula is C12H14N4O3S. The Morgan fingerprint density at radius 2 is 2.20 bits per heavy atom. The van der Waals surface area contributed by atoms with Gasteiger partial charge in [-0.05, 0) is 25.5 Å². The van der Waals surface area contributed by atoms with Crippen LogP contribution in [-0.2, 0) is 17.9 Å². The number of nitrogens with zero attached hydrogens (tertiary/aromatic N) is 3. The summed E-state index contributed by atoms with van der Waals surface area (Å²) in [6.45, 7) is 4.16. The van der Waals surface area contributed by atoms with Gasteiger partial charge in [0.25, 0.3) is 5.91 Å². The molecule has 2 aromatic rings. The van der Waals surface area contributed by atoms with Crippen LogP contribution in [0, 0.1) is 13.8 Å². The molecule has 0 saturated heterocycles. The summed E-state index contributed by atoms with van der Waals surface area (Å²) in [6, 6.07) is 2.03. The Balaban J connectivity index is 1.94. The van der Waals surface area contributed by atoms with Gasteiger partial charge in [0.1, 0.15) is 6.54 Å². The van der Waals surface area contributed by atoms with Gasteiger partial charge < -0.3 is 10.4 Å². The standard InChI is InChI=1S/C12H14N4O3S/c1-7-3-9(20-8(7)2)4-13-12(19)10-5-16(15-14-10)6-11(17)18/h3,5H,4,6H2,1-2H3,(H,13,19)(H,17,18). The van der Waals surface area contributed by atoms with Crippen LogP contribution in [-0.4, -0.2) is 32.0 Å². The molecule has 0 aliphatic carbocycles. The van der Waals surface area contributed by atoms with Gasteiger partial charge in [-0.15, -0.1) is 16.4 Å². The molecule has 2 N–H and O–H groups in total. The van der Waals surface area contributed by atoms with E-state index in [1.807, 2.05) is 19.9 Å². The van der Waals surface area contributed by atoms with Crippen molar-refractivity contribution in [3.8, 4) is 0 Å². The first-order valence-electron chi connectivity index (χ1n) is 5.91. The summed E-state index contributed by atoms with van der Waals surface area (Å²) in [4.78, 5) is 24.6. The van der Waals surface area contributed by atoms with Crippen LogP contribution in [0.5, 0.6) is 0 Å². The minimum Gasteiger partial charge on any atom is -0.480 e. The molecule has 0 aliphatic heterocycles. The van der Waals surface area contributed by atoms with Crippen LogP contribution in [0.3, 0.4) is 0 Å². The van der Waals surface area contributed by atoms with Crippen LogP contribution in [0.15, 0.2) is 12.3 Å². The van der Waals surface area contributed by atoms with Gasteiger partial charge >= 0.3 is 5.97 Å². The highest BCUT2D eigenvalue weighted by Crippen LogP contribution is 2.20. The molecule has 0 bridgehead atoms. The highest BCUT2D eigenvalue weighted by atomic mass is 32.1. The number of hydrogen-bond donors (Lipinski definition) is 2. The average molecular weight is 294 g/mol. The van der Waals surface area contributed by atoms with E-state index in [0.717, 1.165) is 9.56 Å². The SMILES string of the molecule is Cc1cc(CNC(=O)c2cn(CC(=O)O)nn2)sc1C.